The van der Waals surface area contributed by atoms with Crippen LogP contribution in [0.2, 0.25) is 0 Å². The highest BCUT2D eigenvalue weighted by molar-refractivity contribution is 5.51. The third-order valence-corrected chi connectivity index (χ3v) is 2.74. The Hall–Kier alpha value is -1.46. The van der Waals surface area contributed by atoms with Gasteiger partial charge in [0.15, 0.2) is 11.5 Å². The van der Waals surface area contributed by atoms with Crippen molar-refractivity contribution in [1.29, 1.82) is 0 Å². The van der Waals surface area contributed by atoms with Crippen molar-refractivity contribution >= 4 is 0 Å². The Morgan fingerprint density at radius 2 is 2.06 bits per heavy atom. The zero-order valence-corrected chi connectivity index (χ0v) is 9.77. The molecule has 0 aromatic heterocycles. The lowest BCUT2D eigenvalue weighted by molar-refractivity contribution is 0.167. The van der Waals surface area contributed by atoms with E-state index in [1.165, 1.54) is 0 Å². The summed E-state index contributed by atoms with van der Waals surface area (Å²) in [5, 5.41) is 22.2. The molecule has 1 aromatic rings. The van der Waals surface area contributed by atoms with Crippen LogP contribution in [0.3, 0.4) is 0 Å². The second-order valence-corrected chi connectivity index (χ2v) is 4.03. The fourth-order valence-corrected chi connectivity index (χ4v) is 1.63. The highest BCUT2D eigenvalue weighted by atomic mass is 16.7. The standard InChI is InChI=1S/C12H17NO4/c1-2-9(14)6-13-5-8-3-11-12(4-10(8)15)17-7-16-11/h3-4,9,13-15H,2,5-7H2,1H3. The van der Waals surface area contributed by atoms with Gasteiger partial charge in [-0.05, 0) is 12.5 Å². The first-order valence-corrected chi connectivity index (χ1v) is 5.71. The normalized spacial score (nSPS) is 14.9. The second-order valence-electron chi connectivity index (χ2n) is 4.03. The smallest absolute Gasteiger partial charge is 0.231 e. The predicted octanol–water partition coefficient (Wildman–Crippen LogP) is 0.981. The van der Waals surface area contributed by atoms with E-state index in [9.17, 15) is 10.2 Å². The summed E-state index contributed by atoms with van der Waals surface area (Å²) in [5.74, 6) is 1.39. The number of ether oxygens (including phenoxy) is 2. The summed E-state index contributed by atoms with van der Waals surface area (Å²) in [6, 6.07) is 3.30. The molecule has 2 rings (SSSR count). The van der Waals surface area contributed by atoms with Crippen molar-refractivity contribution in [2.45, 2.75) is 26.0 Å². The molecule has 0 saturated carbocycles. The first-order chi connectivity index (χ1) is 8.20. The number of aromatic hydroxyl groups is 1. The van der Waals surface area contributed by atoms with Gasteiger partial charge in [-0.15, -0.1) is 0 Å². The number of benzene rings is 1. The summed E-state index contributed by atoms with van der Waals surface area (Å²) in [5.41, 5.74) is 0.734. The van der Waals surface area contributed by atoms with Crippen molar-refractivity contribution < 1.29 is 19.7 Å². The van der Waals surface area contributed by atoms with Gasteiger partial charge < -0.3 is 25.0 Å². The summed E-state index contributed by atoms with van der Waals surface area (Å²) in [6.07, 6.45) is 0.353. The zero-order valence-electron chi connectivity index (χ0n) is 9.77. The SMILES string of the molecule is CCC(O)CNCc1cc2c(cc1O)OCO2. The van der Waals surface area contributed by atoms with Gasteiger partial charge in [0, 0.05) is 24.7 Å². The second kappa shape index (κ2) is 5.25. The lowest BCUT2D eigenvalue weighted by Crippen LogP contribution is -2.25. The van der Waals surface area contributed by atoms with Gasteiger partial charge in [-0.3, -0.25) is 0 Å². The molecule has 1 aliphatic heterocycles. The first-order valence-electron chi connectivity index (χ1n) is 5.71. The van der Waals surface area contributed by atoms with Gasteiger partial charge in [0.1, 0.15) is 5.75 Å². The molecule has 0 saturated heterocycles. The number of aliphatic hydroxyl groups excluding tert-OH is 1. The van der Waals surface area contributed by atoms with E-state index in [1.54, 1.807) is 12.1 Å². The molecule has 0 radical (unpaired) electrons. The molecule has 1 heterocycles. The number of aliphatic hydroxyl groups is 1. The number of hydrogen-bond donors (Lipinski definition) is 3. The number of fused-ring (bicyclic) bond motifs is 1. The van der Waals surface area contributed by atoms with Gasteiger partial charge in [-0.1, -0.05) is 6.92 Å². The maximum atomic E-state index is 9.76. The number of hydrogen-bond acceptors (Lipinski definition) is 5. The number of phenolic OH excluding ortho intramolecular Hbond substituents is 1. The van der Waals surface area contributed by atoms with Crippen LogP contribution in [0.4, 0.5) is 0 Å². The average molecular weight is 239 g/mol. The molecule has 0 spiro atoms. The lowest BCUT2D eigenvalue weighted by Gasteiger charge is -2.10. The van der Waals surface area contributed by atoms with E-state index in [0.29, 0.717) is 31.0 Å². The minimum absolute atomic E-state index is 0.174. The molecule has 0 bridgehead atoms. The van der Waals surface area contributed by atoms with Gasteiger partial charge in [0.2, 0.25) is 6.79 Å². The van der Waals surface area contributed by atoms with E-state index in [1.807, 2.05) is 6.92 Å². The average Bonchev–Trinajstić information content (AvgIpc) is 2.76. The molecule has 1 unspecified atom stereocenters. The van der Waals surface area contributed by atoms with Crippen molar-refractivity contribution in [3.8, 4) is 17.2 Å². The maximum absolute atomic E-state index is 9.76. The lowest BCUT2D eigenvalue weighted by atomic mass is 10.1. The molecule has 17 heavy (non-hydrogen) atoms. The van der Waals surface area contributed by atoms with Crippen molar-refractivity contribution in [3.63, 3.8) is 0 Å². The van der Waals surface area contributed by atoms with Crippen LogP contribution in [0.1, 0.15) is 18.9 Å². The molecule has 5 nitrogen and oxygen atoms in total. The maximum Gasteiger partial charge on any atom is 0.231 e. The van der Waals surface area contributed by atoms with Crippen LogP contribution in [-0.4, -0.2) is 29.7 Å². The monoisotopic (exact) mass is 239 g/mol. The number of phenols is 1. The molecule has 1 aliphatic rings. The van der Waals surface area contributed by atoms with Crippen molar-refractivity contribution in [2.24, 2.45) is 0 Å². The predicted molar refractivity (Wildman–Crippen MR) is 62.2 cm³/mol. The third kappa shape index (κ3) is 2.81. The van der Waals surface area contributed by atoms with Gasteiger partial charge in [-0.2, -0.15) is 0 Å². The van der Waals surface area contributed by atoms with Crippen LogP contribution in [0.5, 0.6) is 17.2 Å². The Balaban J connectivity index is 1.97. The number of nitrogens with one attached hydrogen (secondary N) is 1. The summed E-state index contributed by atoms with van der Waals surface area (Å²) in [4.78, 5) is 0. The molecule has 0 amide bonds. The Morgan fingerprint density at radius 3 is 2.76 bits per heavy atom. The Bertz CT molecular complexity index is 394. The van der Waals surface area contributed by atoms with Crippen molar-refractivity contribution in [1.82, 2.24) is 5.32 Å². The largest absolute Gasteiger partial charge is 0.507 e. The summed E-state index contributed by atoms with van der Waals surface area (Å²) >= 11 is 0. The van der Waals surface area contributed by atoms with Crippen LogP contribution in [0.15, 0.2) is 12.1 Å². The Morgan fingerprint density at radius 1 is 1.35 bits per heavy atom. The highest BCUT2D eigenvalue weighted by Crippen LogP contribution is 2.37. The van der Waals surface area contributed by atoms with Crippen molar-refractivity contribution in [3.05, 3.63) is 17.7 Å². The van der Waals surface area contributed by atoms with E-state index in [-0.39, 0.29) is 18.6 Å². The summed E-state index contributed by atoms with van der Waals surface area (Å²) in [6.45, 7) is 3.11. The van der Waals surface area contributed by atoms with Gasteiger partial charge in [0.05, 0.1) is 6.10 Å². The molecule has 0 fully saturated rings. The van der Waals surface area contributed by atoms with Crippen LogP contribution in [0, 0.1) is 0 Å². The first kappa shape index (κ1) is 12.0. The molecule has 0 aliphatic carbocycles. The van der Waals surface area contributed by atoms with Crippen molar-refractivity contribution in [2.75, 3.05) is 13.3 Å². The fourth-order valence-electron chi connectivity index (χ4n) is 1.63. The quantitative estimate of drug-likeness (QED) is 0.714. The fraction of sp³-hybridized carbons (Fsp3) is 0.500. The molecular formula is C12H17NO4. The Kier molecular flexibility index (Phi) is 3.71. The highest BCUT2D eigenvalue weighted by Gasteiger charge is 2.16. The molecule has 5 heteroatoms. The molecule has 1 aromatic carbocycles. The van der Waals surface area contributed by atoms with E-state index < -0.39 is 0 Å². The van der Waals surface area contributed by atoms with Crippen LogP contribution in [-0.2, 0) is 6.54 Å². The number of rotatable bonds is 5. The summed E-state index contributed by atoms with van der Waals surface area (Å²) in [7, 11) is 0. The Labute approximate surface area is 100.0 Å². The molecule has 94 valence electrons. The van der Waals surface area contributed by atoms with Crippen LogP contribution < -0.4 is 14.8 Å². The van der Waals surface area contributed by atoms with Gasteiger partial charge >= 0.3 is 0 Å². The third-order valence-electron chi connectivity index (χ3n) is 2.74. The molecule has 3 N–H and O–H groups in total. The minimum atomic E-state index is -0.355. The topological polar surface area (TPSA) is 71.0 Å². The molecular weight excluding hydrogens is 222 g/mol. The van der Waals surface area contributed by atoms with Crippen LogP contribution >= 0.6 is 0 Å². The van der Waals surface area contributed by atoms with Gasteiger partial charge in [-0.25, -0.2) is 0 Å². The van der Waals surface area contributed by atoms with Crippen LogP contribution in [0.25, 0.3) is 0 Å². The van der Waals surface area contributed by atoms with E-state index in [2.05, 4.69) is 5.32 Å². The van der Waals surface area contributed by atoms with E-state index in [4.69, 9.17) is 9.47 Å². The van der Waals surface area contributed by atoms with Gasteiger partial charge in [0.25, 0.3) is 0 Å². The minimum Gasteiger partial charge on any atom is -0.507 e. The van der Waals surface area contributed by atoms with E-state index >= 15 is 0 Å². The van der Waals surface area contributed by atoms with E-state index in [0.717, 1.165) is 5.56 Å². The summed E-state index contributed by atoms with van der Waals surface area (Å²) < 4.78 is 10.4. The zero-order chi connectivity index (χ0) is 12.3. The molecule has 1 atom stereocenters.